The average molecular weight is 765 g/mol. The first-order chi connectivity index (χ1) is 29.7. The lowest BCUT2D eigenvalue weighted by atomic mass is 9.98. The molecule has 0 saturated carbocycles. The zero-order valence-electron chi connectivity index (χ0n) is 32.6. The molecule has 0 amide bonds. The molecule has 3 heterocycles. The molecule has 3 aromatic heterocycles. The zero-order valence-corrected chi connectivity index (χ0v) is 32.6. The van der Waals surface area contributed by atoms with Gasteiger partial charge in [-0.25, -0.2) is 9.97 Å². The van der Waals surface area contributed by atoms with Crippen LogP contribution in [0.2, 0.25) is 0 Å². The predicted molar refractivity (Wildman–Crippen MR) is 250 cm³/mol. The summed E-state index contributed by atoms with van der Waals surface area (Å²) < 4.78 is 4.63. The van der Waals surface area contributed by atoms with Gasteiger partial charge in [0.05, 0.1) is 33.5 Å². The van der Waals surface area contributed by atoms with Gasteiger partial charge in [0.2, 0.25) is 5.95 Å². The van der Waals surface area contributed by atoms with Gasteiger partial charge in [-0.15, -0.1) is 0 Å². The molecule has 0 atom stereocenters. The molecule has 4 nitrogen and oxygen atoms in total. The van der Waals surface area contributed by atoms with Gasteiger partial charge in [-0.05, 0) is 87.6 Å². The van der Waals surface area contributed by atoms with Gasteiger partial charge in [0.15, 0.2) is 0 Å². The van der Waals surface area contributed by atoms with E-state index in [9.17, 15) is 0 Å². The Morgan fingerprint density at radius 3 is 1.42 bits per heavy atom. The van der Waals surface area contributed by atoms with E-state index in [1.807, 2.05) is 12.1 Å². The maximum absolute atomic E-state index is 5.23. The molecule has 12 rings (SSSR count). The summed E-state index contributed by atoms with van der Waals surface area (Å²) in [6, 6.07) is 78.1. The summed E-state index contributed by atoms with van der Waals surface area (Å²) in [6.45, 7) is 0. The first kappa shape index (κ1) is 34.0. The van der Waals surface area contributed by atoms with Gasteiger partial charge in [-0.3, -0.25) is 4.57 Å². The lowest BCUT2D eigenvalue weighted by Gasteiger charge is -2.12. The fourth-order valence-corrected chi connectivity index (χ4v) is 9.14. The van der Waals surface area contributed by atoms with Crippen molar-refractivity contribution in [2.24, 2.45) is 0 Å². The van der Waals surface area contributed by atoms with Crippen LogP contribution in [0.4, 0.5) is 0 Å². The van der Waals surface area contributed by atoms with E-state index in [1.165, 1.54) is 49.3 Å². The molecule has 0 aliphatic carbocycles. The third kappa shape index (κ3) is 5.53. The molecule has 60 heavy (non-hydrogen) atoms. The molecule has 9 aromatic carbocycles. The summed E-state index contributed by atoms with van der Waals surface area (Å²) in [5, 5.41) is 7.27. The van der Waals surface area contributed by atoms with Crippen LogP contribution in [0.1, 0.15) is 0 Å². The molecule has 0 saturated heterocycles. The molecule has 0 bridgehead atoms. The number of hydrogen-bond acceptors (Lipinski definition) is 2. The summed E-state index contributed by atoms with van der Waals surface area (Å²) in [7, 11) is 0. The van der Waals surface area contributed by atoms with Crippen LogP contribution in [-0.2, 0) is 0 Å². The molecular weight excluding hydrogens is 729 g/mol. The van der Waals surface area contributed by atoms with Crippen molar-refractivity contribution in [1.29, 1.82) is 0 Å². The molecule has 0 aliphatic heterocycles. The van der Waals surface area contributed by atoms with Crippen molar-refractivity contribution in [2.75, 3.05) is 0 Å². The molecule has 4 heteroatoms. The third-order valence-electron chi connectivity index (χ3n) is 11.9. The smallest absolute Gasteiger partial charge is 0.235 e. The Hall–Kier alpha value is -8.08. The standard InChI is InChI=1S/C56H36N4/c1-3-16-38(17-4-1)50-36-51(39-18-5-2-6-19-39)58-56(57-50)60-53-28-12-10-25-47(53)49-35-41(30-32-55(49)60)40-29-31-54-48(34-40)46-24-9-11-27-52(46)59(54)43-22-13-21-42(33-43)45-26-14-20-37-15-7-8-23-44(37)45/h1-36H. The Kier molecular flexibility index (Phi) is 7.82. The van der Waals surface area contributed by atoms with Crippen molar-refractivity contribution in [3.8, 4) is 56.4 Å². The van der Waals surface area contributed by atoms with E-state index in [1.54, 1.807) is 0 Å². The molecule has 0 radical (unpaired) electrons. The summed E-state index contributed by atoms with van der Waals surface area (Å²) in [6.07, 6.45) is 0. The maximum atomic E-state index is 5.23. The number of benzene rings is 9. The van der Waals surface area contributed by atoms with E-state index < -0.39 is 0 Å². The van der Waals surface area contributed by atoms with Crippen LogP contribution in [0.15, 0.2) is 218 Å². The maximum Gasteiger partial charge on any atom is 0.235 e. The van der Waals surface area contributed by atoms with E-state index in [4.69, 9.17) is 9.97 Å². The van der Waals surface area contributed by atoms with Crippen molar-refractivity contribution >= 4 is 54.4 Å². The second-order valence-corrected chi connectivity index (χ2v) is 15.4. The van der Waals surface area contributed by atoms with Gasteiger partial charge >= 0.3 is 0 Å². The van der Waals surface area contributed by atoms with Gasteiger partial charge in [0.25, 0.3) is 0 Å². The lowest BCUT2D eigenvalue weighted by Crippen LogP contribution is -2.03. The Bertz CT molecular complexity index is 3530. The zero-order chi connectivity index (χ0) is 39.6. The first-order valence-electron chi connectivity index (χ1n) is 20.4. The minimum atomic E-state index is 0.646. The monoisotopic (exact) mass is 764 g/mol. The number of aromatic nitrogens is 4. The highest BCUT2D eigenvalue weighted by Crippen LogP contribution is 2.39. The summed E-state index contributed by atoms with van der Waals surface area (Å²) >= 11 is 0. The van der Waals surface area contributed by atoms with Gasteiger partial charge in [-0.2, -0.15) is 0 Å². The minimum Gasteiger partial charge on any atom is -0.309 e. The molecule has 0 fully saturated rings. The molecule has 280 valence electrons. The van der Waals surface area contributed by atoms with Crippen LogP contribution < -0.4 is 0 Å². The Morgan fingerprint density at radius 1 is 0.283 bits per heavy atom. The number of rotatable bonds is 6. The highest BCUT2D eigenvalue weighted by atomic mass is 15.2. The molecule has 12 aromatic rings. The normalized spacial score (nSPS) is 11.7. The van der Waals surface area contributed by atoms with E-state index in [0.29, 0.717) is 5.95 Å². The Balaban J connectivity index is 1.01. The lowest BCUT2D eigenvalue weighted by molar-refractivity contribution is 0.995. The highest BCUT2D eigenvalue weighted by molar-refractivity contribution is 6.12. The first-order valence-corrected chi connectivity index (χ1v) is 20.4. The quantitative estimate of drug-likeness (QED) is 0.169. The largest absolute Gasteiger partial charge is 0.309 e. The van der Waals surface area contributed by atoms with Crippen LogP contribution in [-0.4, -0.2) is 19.1 Å². The van der Waals surface area contributed by atoms with E-state index in [2.05, 4.69) is 215 Å². The van der Waals surface area contributed by atoms with Crippen molar-refractivity contribution in [3.05, 3.63) is 218 Å². The molecule has 0 aliphatic rings. The number of fused-ring (bicyclic) bond motifs is 7. The summed E-state index contributed by atoms with van der Waals surface area (Å²) in [5.74, 6) is 0.646. The van der Waals surface area contributed by atoms with Crippen LogP contribution in [0, 0.1) is 0 Å². The number of hydrogen-bond donors (Lipinski definition) is 0. The van der Waals surface area contributed by atoms with E-state index in [0.717, 1.165) is 55.6 Å². The molecule has 0 unspecified atom stereocenters. The van der Waals surface area contributed by atoms with E-state index in [-0.39, 0.29) is 0 Å². The predicted octanol–water partition coefficient (Wildman–Crippen LogP) is 14.5. The van der Waals surface area contributed by atoms with Crippen LogP contribution in [0.3, 0.4) is 0 Å². The van der Waals surface area contributed by atoms with Crippen LogP contribution in [0.5, 0.6) is 0 Å². The third-order valence-corrected chi connectivity index (χ3v) is 11.9. The van der Waals surface area contributed by atoms with Crippen LogP contribution >= 0.6 is 0 Å². The van der Waals surface area contributed by atoms with Crippen LogP contribution in [0.25, 0.3) is 111 Å². The Morgan fingerprint density at radius 2 is 0.767 bits per heavy atom. The van der Waals surface area contributed by atoms with Crippen molar-refractivity contribution in [2.45, 2.75) is 0 Å². The van der Waals surface area contributed by atoms with Gasteiger partial charge in [-0.1, -0.05) is 164 Å². The fraction of sp³-hybridized carbons (Fsp3) is 0. The molecular formula is C56H36N4. The summed E-state index contributed by atoms with van der Waals surface area (Å²) in [5.41, 5.74) is 14.3. The van der Waals surface area contributed by atoms with Crippen molar-refractivity contribution in [3.63, 3.8) is 0 Å². The average Bonchev–Trinajstić information content (AvgIpc) is 3.84. The minimum absolute atomic E-state index is 0.646. The molecule has 0 spiro atoms. The highest BCUT2D eigenvalue weighted by Gasteiger charge is 2.19. The number of para-hydroxylation sites is 2. The van der Waals surface area contributed by atoms with Gasteiger partial charge in [0, 0.05) is 38.4 Å². The fourth-order valence-electron chi connectivity index (χ4n) is 9.14. The second kappa shape index (κ2) is 13.8. The SMILES string of the molecule is c1ccc(-c2cc(-c3ccccc3)nc(-n3c4ccccc4c4cc(-c5ccc6c(c5)c5ccccc5n6-c5cccc(-c6cccc7ccccc67)c5)ccc43)n2)cc1. The molecule has 0 N–H and O–H groups in total. The van der Waals surface area contributed by atoms with Crippen molar-refractivity contribution < 1.29 is 0 Å². The van der Waals surface area contributed by atoms with Gasteiger partial charge < -0.3 is 4.57 Å². The number of nitrogens with zero attached hydrogens (tertiary/aromatic N) is 4. The topological polar surface area (TPSA) is 35.6 Å². The van der Waals surface area contributed by atoms with E-state index >= 15 is 0 Å². The second-order valence-electron chi connectivity index (χ2n) is 15.4. The van der Waals surface area contributed by atoms with Crippen molar-refractivity contribution in [1.82, 2.24) is 19.1 Å². The summed E-state index contributed by atoms with van der Waals surface area (Å²) in [4.78, 5) is 10.5. The Labute approximate surface area is 346 Å². The van der Waals surface area contributed by atoms with Gasteiger partial charge in [0.1, 0.15) is 0 Å².